The number of unbranched alkanes of at least 4 members (excludes halogenated alkanes) is 2. The predicted molar refractivity (Wildman–Crippen MR) is 116 cm³/mol. The minimum Gasteiger partial charge on any atom is -0.507 e. The van der Waals surface area contributed by atoms with Gasteiger partial charge >= 0.3 is 0 Å². The summed E-state index contributed by atoms with van der Waals surface area (Å²) in [5.74, 6) is -1.40. The molecule has 0 aromatic heterocycles. The van der Waals surface area contributed by atoms with Gasteiger partial charge in [-0.25, -0.2) is 0 Å². The number of aryl methyl sites for hydroxylation is 1. The number of amides is 1. The Balaban J connectivity index is 2.11. The largest absolute Gasteiger partial charge is 0.507 e. The molecule has 1 amide bonds. The third-order valence-corrected chi connectivity index (χ3v) is 5.58. The van der Waals surface area contributed by atoms with E-state index in [2.05, 4.69) is 13.8 Å². The van der Waals surface area contributed by atoms with Gasteiger partial charge in [-0.3, -0.25) is 9.59 Å². The van der Waals surface area contributed by atoms with Crippen molar-refractivity contribution in [3.63, 3.8) is 0 Å². The molecule has 1 aliphatic heterocycles. The molecule has 1 fully saturated rings. The van der Waals surface area contributed by atoms with E-state index in [0.717, 1.165) is 31.2 Å². The summed E-state index contributed by atoms with van der Waals surface area (Å²) in [6.45, 7) is 4.64. The molecule has 4 nitrogen and oxygen atoms in total. The lowest BCUT2D eigenvalue weighted by Crippen LogP contribution is -2.30. The van der Waals surface area contributed by atoms with Gasteiger partial charge in [0.15, 0.2) is 0 Å². The van der Waals surface area contributed by atoms with Crippen molar-refractivity contribution in [1.29, 1.82) is 0 Å². The van der Waals surface area contributed by atoms with E-state index in [-0.39, 0.29) is 11.3 Å². The van der Waals surface area contributed by atoms with Gasteiger partial charge in [-0.2, -0.15) is 0 Å². The Hall–Kier alpha value is -2.59. The molecule has 1 aliphatic rings. The second-order valence-electron chi connectivity index (χ2n) is 7.31. The second kappa shape index (κ2) is 9.27. The van der Waals surface area contributed by atoms with Gasteiger partial charge < -0.3 is 10.0 Å². The molecule has 1 atom stereocenters. The van der Waals surface area contributed by atoms with Crippen LogP contribution < -0.4 is 0 Å². The average Bonchev–Trinajstić information content (AvgIpc) is 2.98. The van der Waals surface area contributed by atoms with Crippen LogP contribution in [0.5, 0.6) is 0 Å². The zero-order valence-electron chi connectivity index (χ0n) is 16.8. The number of carbonyl (C=O) groups is 2. The standard InChI is InChI=1S/C24H26ClNO3/c1-3-5-6-14-26-21(17-12-10-16(4-2)11-13-17)20(23(28)24(26)29)22(27)18-8-7-9-19(25)15-18/h7-13,15,21,27H,3-6,14H2,1-2H3/b22-20-. The zero-order valence-corrected chi connectivity index (χ0v) is 17.6. The number of likely N-dealkylation sites (tertiary alicyclic amines) is 1. The van der Waals surface area contributed by atoms with E-state index in [1.165, 1.54) is 5.56 Å². The van der Waals surface area contributed by atoms with E-state index in [1.54, 1.807) is 29.2 Å². The van der Waals surface area contributed by atoms with Gasteiger partial charge in [0, 0.05) is 17.1 Å². The lowest BCUT2D eigenvalue weighted by molar-refractivity contribution is -0.139. The summed E-state index contributed by atoms with van der Waals surface area (Å²) in [5.41, 5.74) is 2.55. The van der Waals surface area contributed by atoms with Crippen LogP contribution in [-0.2, 0) is 16.0 Å². The number of aliphatic hydroxyl groups excluding tert-OH is 1. The van der Waals surface area contributed by atoms with Crippen LogP contribution >= 0.6 is 11.6 Å². The molecule has 1 N–H and O–H groups in total. The van der Waals surface area contributed by atoms with E-state index in [0.29, 0.717) is 17.1 Å². The number of nitrogens with zero attached hydrogens (tertiary/aromatic N) is 1. The van der Waals surface area contributed by atoms with Crippen molar-refractivity contribution >= 4 is 29.1 Å². The number of rotatable bonds is 7. The Morgan fingerprint density at radius 2 is 1.79 bits per heavy atom. The molecule has 0 bridgehead atoms. The first-order chi connectivity index (χ1) is 14.0. The molecule has 5 heteroatoms. The fourth-order valence-electron chi connectivity index (χ4n) is 3.72. The van der Waals surface area contributed by atoms with Crippen LogP contribution in [0.1, 0.15) is 55.8 Å². The molecule has 152 valence electrons. The molecule has 0 spiro atoms. The molecular formula is C24H26ClNO3. The SMILES string of the molecule is CCCCCN1C(=O)C(=O)/C(=C(\O)c2cccc(Cl)c2)C1c1ccc(CC)cc1. The van der Waals surface area contributed by atoms with Crippen molar-refractivity contribution in [3.8, 4) is 0 Å². The van der Waals surface area contributed by atoms with Crippen molar-refractivity contribution in [2.45, 2.75) is 45.6 Å². The average molecular weight is 412 g/mol. The van der Waals surface area contributed by atoms with Gasteiger partial charge in [0.1, 0.15) is 5.76 Å². The Morgan fingerprint density at radius 3 is 2.41 bits per heavy atom. The summed E-state index contributed by atoms with van der Waals surface area (Å²) in [6, 6.07) is 14.0. The molecule has 1 saturated heterocycles. The Kier molecular flexibility index (Phi) is 6.75. The number of Topliss-reactive ketones (excluding diaryl/α,β-unsaturated/α-hetero) is 1. The first-order valence-corrected chi connectivity index (χ1v) is 10.5. The van der Waals surface area contributed by atoms with E-state index in [4.69, 9.17) is 11.6 Å². The second-order valence-corrected chi connectivity index (χ2v) is 7.74. The topological polar surface area (TPSA) is 57.6 Å². The summed E-state index contributed by atoms with van der Waals surface area (Å²) in [6.07, 6.45) is 3.70. The van der Waals surface area contributed by atoms with Crippen LogP contribution in [0.3, 0.4) is 0 Å². The number of ketones is 1. The van der Waals surface area contributed by atoms with Gasteiger partial charge in [0.25, 0.3) is 11.7 Å². The number of hydrogen-bond donors (Lipinski definition) is 1. The van der Waals surface area contributed by atoms with Crippen molar-refractivity contribution in [2.24, 2.45) is 0 Å². The molecule has 0 radical (unpaired) electrons. The molecule has 3 rings (SSSR count). The van der Waals surface area contributed by atoms with E-state index in [9.17, 15) is 14.7 Å². The first kappa shape index (κ1) is 21.1. The molecular weight excluding hydrogens is 386 g/mol. The maximum atomic E-state index is 12.9. The normalized spacial score (nSPS) is 18.4. The van der Waals surface area contributed by atoms with Gasteiger partial charge in [-0.1, -0.05) is 74.7 Å². The van der Waals surface area contributed by atoms with E-state index < -0.39 is 17.7 Å². The summed E-state index contributed by atoms with van der Waals surface area (Å²) in [7, 11) is 0. The third kappa shape index (κ3) is 4.38. The molecule has 0 saturated carbocycles. The Bertz CT molecular complexity index is 933. The van der Waals surface area contributed by atoms with Crippen molar-refractivity contribution in [1.82, 2.24) is 4.90 Å². The monoisotopic (exact) mass is 411 g/mol. The maximum Gasteiger partial charge on any atom is 0.295 e. The zero-order chi connectivity index (χ0) is 21.0. The van der Waals surface area contributed by atoms with Crippen LogP contribution in [0.15, 0.2) is 54.1 Å². The highest BCUT2D eigenvalue weighted by atomic mass is 35.5. The van der Waals surface area contributed by atoms with Crippen molar-refractivity contribution in [2.75, 3.05) is 6.54 Å². The number of hydrogen-bond acceptors (Lipinski definition) is 3. The predicted octanol–water partition coefficient (Wildman–Crippen LogP) is 5.51. The number of carbonyl (C=O) groups excluding carboxylic acids is 2. The Labute approximate surface area is 176 Å². The highest BCUT2D eigenvalue weighted by Crippen LogP contribution is 2.39. The highest BCUT2D eigenvalue weighted by molar-refractivity contribution is 6.46. The van der Waals surface area contributed by atoms with Gasteiger partial charge in [0.05, 0.1) is 11.6 Å². The fraction of sp³-hybridized carbons (Fsp3) is 0.333. The highest BCUT2D eigenvalue weighted by Gasteiger charge is 2.45. The summed E-state index contributed by atoms with van der Waals surface area (Å²) in [4.78, 5) is 27.3. The molecule has 1 unspecified atom stereocenters. The smallest absolute Gasteiger partial charge is 0.295 e. The van der Waals surface area contributed by atoms with Gasteiger partial charge in [0.2, 0.25) is 0 Å². The summed E-state index contributed by atoms with van der Waals surface area (Å²) < 4.78 is 0. The van der Waals surface area contributed by atoms with Crippen LogP contribution in [-0.4, -0.2) is 28.2 Å². The molecule has 1 heterocycles. The fourth-order valence-corrected chi connectivity index (χ4v) is 3.91. The lowest BCUT2D eigenvalue weighted by atomic mass is 9.94. The Morgan fingerprint density at radius 1 is 1.07 bits per heavy atom. The maximum absolute atomic E-state index is 12.9. The van der Waals surface area contributed by atoms with E-state index >= 15 is 0 Å². The van der Waals surface area contributed by atoms with E-state index in [1.807, 2.05) is 24.3 Å². The van der Waals surface area contributed by atoms with Crippen molar-refractivity contribution in [3.05, 3.63) is 75.8 Å². The lowest BCUT2D eigenvalue weighted by Gasteiger charge is -2.25. The number of aliphatic hydroxyl groups is 1. The summed E-state index contributed by atoms with van der Waals surface area (Å²) in [5, 5.41) is 11.4. The minimum atomic E-state index is -0.649. The van der Waals surface area contributed by atoms with Crippen LogP contribution in [0.25, 0.3) is 5.76 Å². The molecule has 2 aromatic carbocycles. The molecule has 29 heavy (non-hydrogen) atoms. The van der Waals surface area contributed by atoms with Crippen LogP contribution in [0.2, 0.25) is 5.02 Å². The minimum absolute atomic E-state index is 0.123. The number of halogens is 1. The van der Waals surface area contributed by atoms with Gasteiger partial charge in [-0.05, 0) is 36.1 Å². The van der Waals surface area contributed by atoms with Crippen LogP contribution in [0.4, 0.5) is 0 Å². The third-order valence-electron chi connectivity index (χ3n) is 5.34. The first-order valence-electron chi connectivity index (χ1n) is 10.1. The molecule has 2 aromatic rings. The van der Waals surface area contributed by atoms with Crippen molar-refractivity contribution < 1.29 is 14.7 Å². The van der Waals surface area contributed by atoms with Gasteiger partial charge in [-0.15, -0.1) is 0 Å². The quantitative estimate of drug-likeness (QED) is 0.282. The summed E-state index contributed by atoms with van der Waals surface area (Å²) >= 11 is 6.06. The molecule has 0 aliphatic carbocycles. The van der Waals surface area contributed by atoms with Crippen LogP contribution in [0, 0.1) is 0 Å². The number of benzene rings is 2.